The molecule has 9 rings (SSSR count). The molecule has 4 aliphatic heterocycles. The van der Waals surface area contributed by atoms with Crippen LogP contribution in [0.3, 0.4) is 0 Å². The number of para-hydroxylation sites is 6. The molecule has 0 bridgehead atoms. The Kier molecular flexibility index (Phi) is 33.5. The number of anilines is 6. The van der Waals surface area contributed by atoms with Gasteiger partial charge in [-0.25, -0.2) is 0 Å². The lowest BCUT2D eigenvalue weighted by atomic mass is 10.0. The highest BCUT2D eigenvalue weighted by molar-refractivity contribution is 6.37. The molecule has 35 heteroatoms. The number of likely N-dealkylation sites (N-methyl/N-ethyl adjacent to an activating group) is 3. The van der Waals surface area contributed by atoms with Crippen molar-refractivity contribution in [3.63, 3.8) is 0 Å². The minimum absolute atomic E-state index is 0.0289. The van der Waals surface area contributed by atoms with Gasteiger partial charge in [-0.15, -0.1) is 0 Å². The maximum atomic E-state index is 13.2. The summed E-state index contributed by atoms with van der Waals surface area (Å²) in [4.78, 5) is 176. The molecule has 1 fully saturated rings. The fourth-order valence-electron chi connectivity index (χ4n) is 11.2. The number of nitrogens with zero attached hydrogens (tertiary/aromatic N) is 6. The number of methoxy groups -OCH3 is 3. The lowest BCUT2D eigenvalue weighted by Gasteiger charge is -2.25. The van der Waals surface area contributed by atoms with Crippen molar-refractivity contribution < 1.29 is 106 Å². The Bertz CT molecular complexity index is 4010. The number of amides is 8. The Balaban J connectivity index is 0.000000251. The molecule has 4 heterocycles. The Hall–Kier alpha value is -10.8. The third-order valence-electron chi connectivity index (χ3n) is 16.7. The molecule has 107 heavy (non-hydrogen) atoms. The quantitative estimate of drug-likeness (QED) is 0.0273. The van der Waals surface area contributed by atoms with Crippen molar-refractivity contribution in [3.8, 4) is 11.5 Å². The predicted octanol–water partition coefficient (Wildman–Crippen LogP) is 2.98. The van der Waals surface area contributed by atoms with Crippen LogP contribution in [-0.4, -0.2) is 241 Å². The number of aryl methyl sites for hydroxylation is 2. The number of aliphatic carboxylic acids is 2. The van der Waals surface area contributed by atoms with Gasteiger partial charge in [0.05, 0.1) is 88.7 Å². The van der Waals surface area contributed by atoms with Gasteiger partial charge in [-0.1, -0.05) is 59.6 Å². The van der Waals surface area contributed by atoms with E-state index in [4.69, 9.17) is 57.5 Å². The van der Waals surface area contributed by atoms with Crippen LogP contribution < -0.4 is 56.0 Å². The number of ketones is 2. The van der Waals surface area contributed by atoms with Crippen LogP contribution in [0.4, 0.5) is 34.1 Å². The molecule has 0 unspecified atom stereocenters. The number of ether oxygens (including phenoxy) is 4. The van der Waals surface area contributed by atoms with Crippen LogP contribution in [0, 0.1) is 13.8 Å². The van der Waals surface area contributed by atoms with E-state index in [0.29, 0.717) is 51.5 Å². The second-order valence-electron chi connectivity index (χ2n) is 24.3. The molecule has 4 aliphatic rings. The summed E-state index contributed by atoms with van der Waals surface area (Å²) in [5.41, 5.74) is 5.16. The largest absolute Gasteiger partial charge is 0.507 e. The fraction of sp³-hybridized carbons (Fsp3) is 0.389. The number of carboxylic acids is 2. The molecular formula is C72H87Cl2N11O22. The van der Waals surface area contributed by atoms with E-state index < -0.39 is 91.4 Å². The summed E-state index contributed by atoms with van der Waals surface area (Å²) < 4.78 is 19.9. The summed E-state index contributed by atoms with van der Waals surface area (Å²) in [5.74, 6) is -6.01. The van der Waals surface area contributed by atoms with Gasteiger partial charge in [0.1, 0.15) is 75.7 Å². The van der Waals surface area contributed by atoms with Gasteiger partial charge in [-0.3, -0.25) is 77.0 Å². The number of halogens is 2. The molecule has 5 aromatic rings. The number of esters is 1. The zero-order valence-corrected chi connectivity index (χ0v) is 62.1. The molecule has 0 aromatic heterocycles. The van der Waals surface area contributed by atoms with Gasteiger partial charge in [0.15, 0.2) is 17.3 Å². The number of hydrogen-bond acceptors (Lipinski definition) is 23. The zero-order chi connectivity index (χ0) is 79.7. The van der Waals surface area contributed by atoms with Crippen LogP contribution in [0.2, 0.25) is 10.0 Å². The van der Waals surface area contributed by atoms with E-state index in [2.05, 4.69) is 26.6 Å². The number of aldehydes is 1. The van der Waals surface area contributed by atoms with Gasteiger partial charge in [0.25, 0.3) is 17.7 Å². The molecule has 1 saturated heterocycles. The third kappa shape index (κ3) is 23.6. The van der Waals surface area contributed by atoms with Crippen molar-refractivity contribution in [2.24, 2.45) is 0 Å². The van der Waals surface area contributed by atoms with E-state index in [1.54, 1.807) is 127 Å². The smallest absolute Gasteiger partial charge is 0.323 e. The van der Waals surface area contributed by atoms with Crippen molar-refractivity contribution >= 4 is 140 Å². The monoisotopic (exact) mass is 1530 g/mol. The topological polar surface area (TPSA) is 436 Å². The number of carbonyl (C=O) groups is 14. The SMILES string of the molecule is CC(=O)c1cc(C)c(O)c(C)c1.CC(=O)c1cc(Cl)c(O)c(Cl)c1.CN[C@H]1CN(C(=O)COC)c2ccccc2N(CC(=O)N[C@H](C=O)CC(=O)O)C1=O.CN[C@H]1CN(C(=O)COC)c2ccccc2N(CC(=O)N[C@H]2CC(=O)O[C@H]2C)C1=O.CN[C@H]1CN(C(=O)COC)c2ccccc2N(CC(=O)O)C1=O. The van der Waals surface area contributed by atoms with Crippen molar-refractivity contribution in [3.05, 3.63) is 129 Å². The number of fused-ring (bicyclic) bond motifs is 3. The normalized spacial score (nSPS) is 17.4. The number of phenolic OH excluding ortho intramolecular Hbond substituents is 2. The average molecular weight is 1530 g/mol. The van der Waals surface area contributed by atoms with Gasteiger partial charge >= 0.3 is 17.9 Å². The Morgan fingerprint density at radius 2 is 0.888 bits per heavy atom. The summed E-state index contributed by atoms with van der Waals surface area (Å²) >= 11 is 11.2. The standard InChI is InChI=1S/C20H26N4O6.C19H24N4O7.C15H19N3O5.C10H12O2.C8H6Cl2O2/c1-12-13(8-19(27)30-12)22-17(25)10-24-16-7-5-4-6-15(16)23(18(26)11-29-3)9-14(21-2)20(24)28;1-20-13-8-22(17(26)11-30-2)14-5-3-4-6-15(14)23(19(13)29)9-16(25)21-12(10-24)7-18(27)28;1-16-10-7-17(13(19)9-23-2)11-5-3-4-6-12(11)18(15(10)22)8-14(20)21;1-6-4-9(8(3)11)5-7(2)10(6)12;1-4(11)5-2-6(9)8(12)7(10)3-5/h4-7,12-14,21H,8-11H2,1-3H3,(H,22,25);3-6,10,12-13,20H,7-9,11H2,1-2H3,(H,21,25)(H,27,28);3-6,10,16H,7-9H2,1-2H3,(H,20,21);4-5,12H,1-3H3;2-3,12H,1H3/t12-,13-,14-;12-,13-;10-;;/m000../s1. The number of aromatic hydroxyl groups is 2. The summed E-state index contributed by atoms with van der Waals surface area (Å²) in [6.07, 6.45) is -0.583. The summed E-state index contributed by atoms with van der Waals surface area (Å²) in [6, 6.07) is 22.5. The van der Waals surface area contributed by atoms with E-state index in [-0.39, 0.29) is 115 Å². The van der Waals surface area contributed by atoms with Gasteiger partial charge in [0.2, 0.25) is 29.5 Å². The van der Waals surface area contributed by atoms with Crippen molar-refractivity contribution in [1.29, 1.82) is 0 Å². The van der Waals surface area contributed by atoms with E-state index in [1.165, 1.54) is 76.7 Å². The Labute approximate surface area is 626 Å². The molecule has 0 radical (unpaired) electrons. The molecule has 0 aliphatic carbocycles. The van der Waals surface area contributed by atoms with E-state index in [0.717, 1.165) is 11.1 Å². The number of phenols is 2. The molecule has 5 aromatic carbocycles. The molecule has 0 spiro atoms. The molecule has 33 nitrogen and oxygen atoms in total. The molecule has 8 amide bonds. The van der Waals surface area contributed by atoms with Crippen molar-refractivity contribution in [2.45, 2.75) is 83.8 Å². The number of Topliss-reactive ketones (excluding diaryl/α,β-unsaturated/α-hetero) is 2. The van der Waals surface area contributed by atoms with E-state index in [1.807, 2.05) is 0 Å². The number of rotatable bonds is 22. The van der Waals surface area contributed by atoms with Gasteiger partial charge in [-0.2, -0.15) is 0 Å². The van der Waals surface area contributed by atoms with Crippen LogP contribution in [0.25, 0.3) is 0 Å². The minimum atomic E-state index is -1.24. The first-order valence-corrected chi connectivity index (χ1v) is 33.7. The van der Waals surface area contributed by atoms with Crippen molar-refractivity contribution in [1.82, 2.24) is 26.6 Å². The lowest BCUT2D eigenvalue weighted by molar-refractivity contribution is -0.141. The molecule has 576 valence electrons. The zero-order valence-electron chi connectivity index (χ0n) is 60.6. The maximum absolute atomic E-state index is 13.2. The van der Waals surface area contributed by atoms with Crippen LogP contribution in [0.15, 0.2) is 97.1 Å². The first-order chi connectivity index (χ1) is 50.7. The first-order valence-electron chi connectivity index (χ1n) is 33.0. The predicted molar refractivity (Wildman–Crippen MR) is 393 cm³/mol. The van der Waals surface area contributed by atoms with Crippen LogP contribution >= 0.6 is 23.2 Å². The maximum Gasteiger partial charge on any atom is 0.323 e. The first kappa shape index (κ1) is 86.9. The Morgan fingerprint density at radius 3 is 1.20 bits per heavy atom. The van der Waals surface area contributed by atoms with Gasteiger partial charge in [0, 0.05) is 32.5 Å². The van der Waals surface area contributed by atoms with E-state index in [9.17, 15) is 72.2 Å². The Morgan fingerprint density at radius 1 is 0.542 bits per heavy atom. The number of nitrogens with one attached hydrogen (secondary N) is 5. The summed E-state index contributed by atoms with van der Waals surface area (Å²) in [7, 11) is 9.01. The highest BCUT2D eigenvalue weighted by Crippen LogP contribution is 2.37. The molecule has 9 N–H and O–H groups in total. The van der Waals surface area contributed by atoms with Crippen molar-refractivity contribution in [2.75, 3.05) is 131 Å². The van der Waals surface area contributed by atoms with Crippen LogP contribution in [0.1, 0.15) is 65.5 Å². The highest BCUT2D eigenvalue weighted by Gasteiger charge is 2.41. The fourth-order valence-corrected chi connectivity index (χ4v) is 11.7. The summed E-state index contributed by atoms with van der Waals surface area (Å²) in [5, 5.41) is 50.3. The number of carbonyl (C=O) groups excluding carboxylic acids is 12. The molecule has 6 atom stereocenters. The molecular weight excluding hydrogens is 1440 g/mol. The second-order valence-corrected chi connectivity index (χ2v) is 25.1. The minimum Gasteiger partial charge on any atom is -0.507 e. The number of cyclic esters (lactones) is 1. The van der Waals surface area contributed by atoms with E-state index >= 15 is 0 Å². The van der Waals surface area contributed by atoms with Crippen LogP contribution in [-0.2, 0) is 76.5 Å². The molecule has 0 saturated carbocycles. The third-order valence-corrected chi connectivity index (χ3v) is 17.2. The highest BCUT2D eigenvalue weighted by atomic mass is 35.5. The summed E-state index contributed by atoms with van der Waals surface area (Å²) in [6.45, 7) is 6.82. The van der Waals surface area contributed by atoms with Gasteiger partial charge < -0.3 is 85.5 Å². The average Bonchev–Trinajstić information content (AvgIpc) is 1.65. The number of benzene rings is 5. The van der Waals surface area contributed by atoms with Crippen LogP contribution in [0.5, 0.6) is 11.5 Å². The number of carboxylic acid groups (broad SMARTS) is 2. The van der Waals surface area contributed by atoms with Gasteiger partial charge in [-0.05, 0) is 128 Å². The lowest BCUT2D eigenvalue weighted by Crippen LogP contribution is -2.53. The second kappa shape index (κ2) is 41.2. The number of hydrogen-bond donors (Lipinski definition) is 9.